The lowest BCUT2D eigenvalue weighted by atomic mass is 9.98. The Hall–Kier alpha value is -1.66. The number of aromatic nitrogens is 3. The number of aryl methyl sites for hydroxylation is 3. The number of hydrogen-bond donors (Lipinski definition) is 0. The van der Waals surface area contributed by atoms with Crippen molar-refractivity contribution >= 4 is 17.5 Å². The molecule has 0 N–H and O–H groups in total. The van der Waals surface area contributed by atoms with Gasteiger partial charge in [-0.1, -0.05) is 37.7 Å². The van der Waals surface area contributed by atoms with E-state index in [2.05, 4.69) is 36.2 Å². The standard InChI is InChI=1S/C18H25N3O2S/c1-4-14-7-8-15(5-2)16(11-14)17(22)12-24-18-20-19-13-21(18)9-6-10-23-3/h7-8,11,13H,4-6,9-10,12H2,1-3H3. The fourth-order valence-electron chi connectivity index (χ4n) is 2.51. The first-order valence-corrected chi connectivity index (χ1v) is 9.32. The minimum absolute atomic E-state index is 0.151. The largest absolute Gasteiger partial charge is 0.385 e. The van der Waals surface area contributed by atoms with Crippen molar-refractivity contribution in [1.82, 2.24) is 14.8 Å². The first-order valence-electron chi connectivity index (χ1n) is 8.34. The van der Waals surface area contributed by atoms with Gasteiger partial charge in [-0.05, 0) is 36.5 Å². The molecule has 1 aromatic heterocycles. The van der Waals surface area contributed by atoms with Gasteiger partial charge in [0.15, 0.2) is 10.9 Å². The van der Waals surface area contributed by atoms with Gasteiger partial charge < -0.3 is 9.30 Å². The van der Waals surface area contributed by atoms with Gasteiger partial charge in [0.05, 0.1) is 5.75 Å². The minimum atomic E-state index is 0.151. The molecule has 0 amide bonds. The van der Waals surface area contributed by atoms with Crippen LogP contribution in [0.1, 0.15) is 41.8 Å². The van der Waals surface area contributed by atoms with E-state index in [4.69, 9.17) is 4.74 Å². The van der Waals surface area contributed by atoms with Crippen LogP contribution in [0.4, 0.5) is 0 Å². The first-order chi connectivity index (χ1) is 11.7. The monoisotopic (exact) mass is 347 g/mol. The number of thioether (sulfide) groups is 1. The van der Waals surface area contributed by atoms with Gasteiger partial charge in [-0.15, -0.1) is 10.2 Å². The van der Waals surface area contributed by atoms with Crippen LogP contribution in [0.15, 0.2) is 29.7 Å². The van der Waals surface area contributed by atoms with Crippen molar-refractivity contribution < 1.29 is 9.53 Å². The molecule has 0 unspecified atom stereocenters. The molecule has 1 heterocycles. The third-order valence-corrected chi connectivity index (χ3v) is 4.90. The Morgan fingerprint density at radius 3 is 2.83 bits per heavy atom. The Morgan fingerprint density at radius 1 is 1.29 bits per heavy atom. The zero-order valence-electron chi connectivity index (χ0n) is 14.6. The molecular weight excluding hydrogens is 322 g/mol. The van der Waals surface area contributed by atoms with Gasteiger partial charge in [0.25, 0.3) is 0 Å². The Kier molecular flexibility index (Phi) is 7.46. The maximum atomic E-state index is 12.7. The predicted molar refractivity (Wildman–Crippen MR) is 96.8 cm³/mol. The molecule has 0 aliphatic rings. The minimum Gasteiger partial charge on any atom is -0.385 e. The number of carbonyl (C=O) groups excluding carboxylic acids is 1. The second-order valence-electron chi connectivity index (χ2n) is 5.56. The molecule has 0 saturated heterocycles. The van der Waals surface area contributed by atoms with Crippen molar-refractivity contribution in [2.75, 3.05) is 19.5 Å². The molecule has 0 bridgehead atoms. The lowest BCUT2D eigenvalue weighted by Crippen LogP contribution is -2.09. The molecule has 0 fully saturated rings. The summed E-state index contributed by atoms with van der Waals surface area (Å²) in [6, 6.07) is 6.21. The number of Topliss-reactive ketones (excluding diaryl/α,β-unsaturated/α-hetero) is 1. The van der Waals surface area contributed by atoms with Crippen LogP contribution in [0.2, 0.25) is 0 Å². The number of benzene rings is 1. The van der Waals surface area contributed by atoms with Gasteiger partial charge in [0.1, 0.15) is 6.33 Å². The molecule has 0 spiro atoms. The number of carbonyl (C=O) groups is 1. The summed E-state index contributed by atoms with van der Waals surface area (Å²) in [4.78, 5) is 12.7. The van der Waals surface area contributed by atoms with Crippen molar-refractivity contribution in [3.8, 4) is 0 Å². The van der Waals surface area contributed by atoms with E-state index in [0.717, 1.165) is 42.1 Å². The van der Waals surface area contributed by atoms with Crippen LogP contribution in [0.5, 0.6) is 0 Å². The van der Waals surface area contributed by atoms with Crippen LogP contribution in [0, 0.1) is 0 Å². The smallest absolute Gasteiger partial charge is 0.191 e. The molecule has 0 radical (unpaired) electrons. The van der Waals surface area contributed by atoms with Gasteiger partial charge in [-0.2, -0.15) is 0 Å². The fraction of sp³-hybridized carbons (Fsp3) is 0.500. The first kappa shape index (κ1) is 18.7. The van der Waals surface area contributed by atoms with Crippen LogP contribution in [-0.2, 0) is 24.1 Å². The molecule has 24 heavy (non-hydrogen) atoms. The van der Waals surface area contributed by atoms with Crippen molar-refractivity contribution in [2.24, 2.45) is 0 Å². The Bertz CT molecular complexity index is 670. The molecule has 2 rings (SSSR count). The van der Waals surface area contributed by atoms with Crippen LogP contribution in [0.25, 0.3) is 0 Å². The van der Waals surface area contributed by atoms with E-state index in [9.17, 15) is 4.79 Å². The van der Waals surface area contributed by atoms with E-state index in [1.807, 2.05) is 10.6 Å². The molecule has 0 aliphatic heterocycles. The Balaban J connectivity index is 2.02. The summed E-state index contributed by atoms with van der Waals surface area (Å²) < 4.78 is 7.04. The van der Waals surface area contributed by atoms with Crippen molar-refractivity contribution in [3.05, 3.63) is 41.2 Å². The summed E-state index contributed by atoms with van der Waals surface area (Å²) in [5.41, 5.74) is 3.15. The third-order valence-electron chi connectivity index (χ3n) is 3.92. The highest BCUT2D eigenvalue weighted by molar-refractivity contribution is 7.99. The molecule has 0 aliphatic carbocycles. The predicted octanol–water partition coefficient (Wildman–Crippen LogP) is 3.41. The van der Waals surface area contributed by atoms with Gasteiger partial charge >= 0.3 is 0 Å². The maximum Gasteiger partial charge on any atom is 0.191 e. The number of nitrogens with zero attached hydrogens (tertiary/aromatic N) is 3. The second-order valence-corrected chi connectivity index (χ2v) is 6.51. The van der Waals surface area contributed by atoms with Crippen LogP contribution < -0.4 is 0 Å². The molecular formula is C18H25N3O2S. The molecule has 0 saturated carbocycles. The van der Waals surface area contributed by atoms with E-state index >= 15 is 0 Å². The third kappa shape index (κ3) is 4.92. The summed E-state index contributed by atoms with van der Waals surface area (Å²) >= 11 is 1.45. The quantitative estimate of drug-likeness (QED) is 0.374. The molecule has 0 atom stereocenters. The SMILES string of the molecule is CCc1ccc(CC)c(C(=O)CSc2nncn2CCCOC)c1. The Labute approximate surface area is 147 Å². The van der Waals surface area contributed by atoms with E-state index in [0.29, 0.717) is 12.4 Å². The van der Waals surface area contributed by atoms with Crippen molar-refractivity contribution in [3.63, 3.8) is 0 Å². The average Bonchev–Trinajstić information content (AvgIpc) is 3.06. The van der Waals surface area contributed by atoms with E-state index in [1.165, 1.54) is 17.3 Å². The van der Waals surface area contributed by atoms with Crippen molar-refractivity contribution in [1.29, 1.82) is 0 Å². The Morgan fingerprint density at radius 2 is 2.12 bits per heavy atom. The highest BCUT2D eigenvalue weighted by Gasteiger charge is 2.14. The second kappa shape index (κ2) is 9.59. The number of ether oxygens (including phenoxy) is 1. The molecule has 6 heteroatoms. The van der Waals surface area contributed by atoms with Crippen LogP contribution in [-0.4, -0.2) is 40.0 Å². The maximum absolute atomic E-state index is 12.7. The number of rotatable bonds is 10. The van der Waals surface area contributed by atoms with Gasteiger partial charge in [0, 0.05) is 25.8 Å². The number of ketones is 1. The highest BCUT2D eigenvalue weighted by atomic mass is 32.2. The van der Waals surface area contributed by atoms with Crippen molar-refractivity contribution in [2.45, 2.75) is 44.8 Å². The summed E-state index contributed by atoms with van der Waals surface area (Å²) in [5, 5.41) is 8.85. The average molecular weight is 347 g/mol. The number of methoxy groups -OCH3 is 1. The summed E-state index contributed by atoms with van der Waals surface area (Å²) in [6.45, 7) is 5.68. The topological polar surface area (TPSA) is 57.0 Å². The fourth-order valence-corrected chi connectivity index (χ4v) is 3.33. The zero-order valence-corrected chi connectivity index (χ0v) is 15.4. The van der Waals surface area contributed by atoms with Gasteiger partial charge in [-0.25, -0.2) is 0 Å². The normalized spacial score (nSPS) is 11.0. The summed E-state index contributed by atoms with van der Waals surface area (Å²) in [6.07, 6.45) is 4.40. The van der Waals surface area contributed by atoms with E-state index < -0.39 is 0 Å². The zero-order chi connectivity index (χ0) is 17.4. The summed E-state index contributed by atoms with van der Waals surface area (Å²) in [5.74, 6) is 0.530. The summed E-state index contributed by atoms with van der Waals surface area (Å²) in [7, 11) is 1.69. The number of hydrogen-bond acceptors (Lipinski definition) is 5. The van der Waals surface area contributed by atoms with E-state index in [-0.39, 0.29) is 5.78 Å². The van der Waals surface area contributed by atoms with Gasteiger partial charge in [-0.3, -0.25) is 4.79 Å². The van der Waals surface area contributed by atoms with E-state index in [1.54, 1.807) is 13.4 Å². The molecule has 1 aromatic carbocycles. The van der Waals surface area contributed by atoms with Crippen LogP contribution in [0.3, 0.4) is 0 Å². The lowest BCUT2D eigenvalue weighted by Gasteiger charge is -2.09. The molecule has 2 aromatic rings. The highest BCUT2D eigenvalue weighted by Crippen LogP contribution is 2.20. The molecule has 5 nitrogen and oxygen atoms in total. The van der Waals surface area contributed by atoms with Crippen LogP contribution >= 0.6 is 11.8 Å². The van der Waals surface area contributed by atoms with Gasteiger partial charge in [0.2, 0.25) is 0 Å². The lowest BCUT2D eigenvalue weighted by molar-refractivity contribution is 0.102. The molecule has 130 valence electrons.